The fourth-order valence-electron chi connectivity index (χ4n) is 0.451. The van der Waals surface area contributed by atoms with Crippen LogP contribution in [0.25, 0.3) is 0 Å². The zero-order chi connectivity index (χ0) is 13.7. The van der Waals surface area contributed by atoms with Crippen LogP contribution in [0.15, 0.2) is 0 Å². The van der Waals surface area contributed by atoms with Gasteiger partial charge < -0.3 is 24.8 Å². The Hall–Kier alpha value is 0.01000. The zero-order valence-electron chi connectivity index (χ0n) is 9.70. The second kappa shape index (κ2) is 12.5. The fourth-order valence-corrected chi connectivity index (χ4v) is 0.451. The van der Waals surface area contributed by atoms with Crippen LogP contribution in [0, 0.1) is 0 Å². The maximum absolute atomic E-state index is 9.87. The molecular weight excluding hydrogens is 268 g/mol. The van der Waals surface area contributed by atoms with Gasteiger partial charge >= 0.3 is 5.97 Å². The smallest absolute Gasteiger partial charge is 0.329 e. The maximum Gasteiger partial charge on any atom is 0.329 e. The van der Waals surface area contributed by atoms with Gasteiger partial charge in [0.25, 0.3) is 0 Å². The summed E-state index contributed by atoms with van der Waals surface area (Å²) in [5.41, 5.74) is 0. The molecule has 0 aliphatic rings. The van der Waals surface area contributed by atoms with Gasteiger partial charge in [-0.2, -0.15) is 25.3 Å². The number of aliphatic carboxylic acids is 1. The standard InChI is InChI=1S/C6H14O4.C3H6O2S2/c7-1-3-9-5-6-10-4-2-8;1-3(6,7)2(4)5/h7-8H,1-6H2;6-7H,1H3,(H,4,5). The van der Waals surface area contributed by atoms with Gasteiger partial charge in [-0.1, -0.05) is 0 Å². The van der Waals surface area contributed by atoms with E-state index in [0.29, 0.717) is 26.4 Å². The molecule has 17 heavy (non-hydrogen) atoms. The van der Waals surface area contributed by atoms with Crippen molar-refractivity contribution >= 4 is 31.2 Å². The molecule has 0 aromatic carbocycles. The molecule has 0 heterocycles. The minimum atomic E-state index is -1.19. The van der Waals surface area contributed by atoms with Gasteiger partial charge in [0.05, 0.1) is 39.6 Å². The van der Waals surface area contributed by atoms with Crippen molar-refractivity contribution in [1.29, 1.82) is 0 Å². The van der Waals surface area contributed by atoms with Crippen molar-refractivity contribution < 1.29 is 29.6 Å². The summed E-state index contributed by atoms with van der Waals surface area (Å²) in [5, 5.41) is 24.6. The van der Waals surface area contributed by atoms with Crippen molar-refractivity contribution in [3.05, 3.63) is 0 Å². The molecule has 0 unspecified atom stereocenters. The van der Waals surface area contributed by atoms with Crippen LogP contribution in [0.1, 0.15) is 6.92 Å². The van der Waals surface area contributed by atoms with Gasteiger partial charge in [-0.3, -0.25) is 0 Å². The molecule has 8 heteroatoms. The molecule has 0 spiro atoms. The second-order valence-corrected chi connectivity index (χ2v) is 5.14. The van der Waals surface area contributed by atoms with Crippen molar-refractivity contribution in [2.24, 2.45) is 0 Å². The third kappa shape index (κ3) is 18.6. The van der Waals surface area contributed by atoms with Crippen LogP contribution in [0.4, 0.5) is 0 Å². The van der Waals surface area contributed by atoms with E-state index in [9.17, 15) is 4.79 Å². The SMILES string of the molecule is CC(S)(S)C(=O)O.OCCOCCOCCO. The van der Waals surface area contributed by atoms with Crippen molar-refractivity contribution in [3.8, 4) is 0 Å². The molecule has 6 nitrogen and oxygen atoms in total. The third-order valence-electron chi connectivity index (χ3n) is 1.25. The Kier molecular flexibility index (Phi) is 14.2. The van der Waals surface area contributed by atoms with E-state index >= 15 is 0 Å². The first-order valence-corrected chi connectivity index (χ1v) is 5.81. The zero-order valence-corrected chi connectivity index (χ0v) is 11.5. The fraction of sp³-hybridized carbons (Fsp3) is 0.889. The lowest BCUT2D eigenvalue weighted by molar-refractivity contribution is -0.136. The van der Waals surface area contributed by atoms with Gasteiger partial charge in [0, 0.05) is 0 Å². The third-order valence-corrected chi connectivity index (χ3v) is 1.63. The van der Waals surface area contributed by atoms with Crippen LogP contribution in [-0.4, -0.2) is 65.0 Å². The molecule has 0 aliphatic heterocycles. The Bertz CT molecular complexity index is 175. The number of aliphatic hydroxyl groups excluding tert-OH is 2. The molecule has 3 N–H and O–H groups in total. The molecule has 0 aromatic rings. The van der Waals surface area contributed by atoms with Crippen LogP contribution < -0.4 is 0 Å². The largest absolute Gasteiger partial charge is 0.480 e. The highest BCUT2D eigenvalue weighted by atomic mass is 32.2. The molecule has 0 saturated carbocycles. The first kappa shape index (κ1) is 19.4. The first-order valence-electron chi connectivity index (χ1n) is 4.91. The maximum atomic E-state index is 9.87. The number of thiol groups is 2. The molecule has 0 atom stereocenters. The number of carboxylic acid groups (broad SMARTS) is 1. The number of aliphatic hydroxyl groups is 2. The van der Waals surface area contributed by atoms with Crippen LogP contribution in [0.2, 0.25) is 0 Å². The van der Waals surface area contributed by atoms with E-state index in [1.807, 2.05) is 0 Å². The highest BCUT2D eigenvalue weighted by molar-refractivity contribution is 8.01. The highest BCUT2D eigenvalue weighted by Crippen LogP contribution is 2.16. The molecular formula is C9H20O6S2. The lowest BCUT2D eigenvalue weighted by atomic mass is 10.5. The molecule has 0 saturated heterocycles. The summed E-state index contributed by atoms with van der Waals surface area (Å²) < 4.78 is 8.55. The van der Waals surface area contributed by atoms with E-state index in [0.717, 1.165) is 0 Å². The molecule has 0 aromatic heterocycles. The van der Waals surface area contributed by atoms with Crippen molar-refractivity contribution in [2.75, 3.05) is 39.6 Å². The average molecular weight is 288 g/mol. The molecule has 0 radical (unpaired) electrons. The molecule has 0 fully saturated rings. The highest BCUT2D eigenvalue weighted by Gasteiger charge is 2.21. The van der Waals surface area contributed by atoms with Crippen molar-refractivity contribution in [2.45, 2.75) is 11.0 Å². The lowest BCUT2D eigenvalue weighted by Gasteiger charge is -2.06. The van der Waals surface area contributed by atoms with Crippen LogP contribution in [-0.2, 0) is 14.3 Å². The quantitative estimate of drug-likeness (QED) is 0.238. The summed E-state index contributed by atoms with van der Waals surface area (Å²) >= 11 is 7.23. The van der Waals surface area contributed by atoms with E-state index in [-0.39, 0.29) is 13.2 Å². The number of hydrogen-bond acceptors (Lipinski definition) is 7. The molecule has 104 valence electrons. The van der Waals surface area contributed by atoms with E-state index in [4.69, 9.17) is 24.8 Å². The second-order valence-electron chi connectivity index (χ2n) is 3.00. The van der Waals surface area contributed by atoms with E-state index in [2.05, 4.69) is 25.3 Å². The summed E-state index contributed by atoms with van der Waals surface area (Å²) in [5.74, 6) is -1.03. The molecule has 0 bridgehead atoms. The van der Waals surface area contributed by atoms with Gasteiger partial charge in [-0.25, -0.2) is 4.79 Å². The number of carbonyl (C=O) groups is 1. The Labute approximate surface area is 112 Å². The van der Waals surface area contributed by atoms with E-state index < -0.39 is 10.0 Å². The Morgan fingerprint density at radius 3 is 1.53 bits per heavy atom. The Morgan fingerprint density at radius 2 is 1.35 bits per heavy atom. The lowest BCUT2D eigenvalue weighted by Crippen LogP contribution is -2.20. The van der Waals surface area contributed by atoms with Crippen LogP contribution >= 0.6 is 25.3 Å². The van der Waals surface area contributed by atoms with Gasteiger partial charge in [0.1, 0.15) is 4.08 Å². The van der Waals surface area contributed by atoms with Crippen LogP contribution in [0.3, 0.4) is 0 Å². The van der Waals surface area contributed by atoms with Gasteiger partial charge in [-0.05, 0) is 6.92 Å². The minimum absolute atomic E-state index is 0.0417. The molecule has 0 rings (SSSR count). The molecule has 0 aliphatic carbocycles. The number of carboxylic acids is 1. The normalized spacial score (nSPS) is 10.6. The summed E-state index contributed by atoms with van der Waals surface area (Å²) in [6.45, 7) is 3.12. The number of hydrogen-bond donors (Lipinski definition) is 5. The predicted molar refractivity (Wildman–Crippen MR) is 69.8 cm³/mol. The van der Waals surface area contributed by atoms with Crippen LogP contribution in [0.5, 0.6) is 0 Å². The average Bonchev–Trinajstić information content (AvgIpc) is 2.23. The number of rotatable bonds is 8. The Morgan fingerprint density at radius 1 is 1.06 bits per heavy atom. The van der Waals surface area contributed by atoms with Gasteiger partial charge in [0.2, 0.25) is 0 Å². The summed E-state index contributed by atoms with van der Waals surface area (Å²) in [6, 6.07) is 0. The van der Waals surface area contributed by atoms with E-state index in [1.54, 1.807) is 0 Å². The topological polar surface area (TPSA) is 96.2 Å². The number of ether oxygens (including phenoxy) is 2. The van der Waals surface area contributed by atoms with Crippen molar-refractivity contribution in [1.82, 2.24) is 0 Å². The van der Waals surface area contributed by atoms with Crippen molar-refractivity contribution in [3.63, 3.8) is 0 Å². The summed E-state index contributed by atoms with van der Waals surface area (Å²) in [6.07, 6.45) is 0. The monoisotopic (exact) mass is 288 g/mol. The molecule has 0 amide bonds. The summed E-state index contributed by atoms with van der Waals surface area (Å²) in [7, 11) is 0. The Balaban J connectivity index is 0. The first-order chi connectivity index (χ1) is 7.86. The van der Waals surface area contributed by atoms with Gasteiger partial charge in [0.15, 0.2) is 0 Å². The van der Waals surface area contributed by atoms with Gasteiger partial charge in [-0.15, -0.1) is 0 Å². The summed E-state index contributed by atoms with van der Waals surface area (Å²) in [4.78, 5) is 9.87. The van der Waals surface area contributed by atoms with E-state index in [1.165, 1.54) is 6.92 Å². The predicted octanol–water partition coefficient (Wildman–Crippen LogP) is -0.349. The minimum Gasteiger partial charge on any atom is -0.480 e.